The van der Waals surface area contributed by atoms with E-state index in [1.807, 2.05) is 12.1 Å². The molecule has 132 valence electrons. The standard InChI is InChI=1S/C21H21N3O2/c25-17-9-15(10-17)20-19-18(26)11-16(22-21(19)24-23-20)8-12-5-6-13-3-1-2-4-14(13)7-12/h1-7,11,15,17,19-20,23,25H,8-10H2,(H,22,24)/t15-,17-,19?,20?. The number of carbonyl (C=O) groups excluding carboxylic acids is 1. The van der Waals surface area contributed by atoms with Crippen molar-refractivity contribution in [3.05, 3.63) is 59.8 Å². The summed E-state index contributed by atoms with van der Waals surface area (Å²) in [6.07, 6.45) is 3.68. The number of ketones is 1. The Balaban J connectivity index is 1.35. The predicted molar refractivity (Wildman–Crippen MR) is 100 cm³/mol. The minimum absolute atomic E-state index is 0.00636. The number of hydrogen-bond donors (Lipinski definition) is 3. The second-order valence-corrected chi connectivity index (χ2v) is 7.57. The molecule has 0 saturated heterocycles. The maximum absolute atomic E-state index is 12.7. The third-order valence-corrected chi connectivity index (χ3v) is 5.77. The van der Waals surface area contributed by atoms with E-state index in [-0.39, 0.29) is 23.8 Å². The van der Waals surface area contributed by atoms with Crippen molar-refractivity contribution in [2.45, 2.75) is 31.4 Å². The first kappa shape index (κ1) is 15.6. The van der Waals surface area contributed by atoms with Crippen LogP contribution in [0.25, 0.3) is 10.8 Å². The smallest absolute Gasteiger partial charge is 0.170 e. The molecule has 2 heterocycles. The molecule has 5 heteroatoms. The Labute approximate surface area is 151 Å². The van der Waals surface area contributed by atoms with Gasteiger partial charge in [-0.3, -0.25) is 4.79 Å². The number of aliphatic hydroxyl groups is 1. The van der Waals surface area contributed by atoms with Crippen LogP contribution in [0.1, 0.15) is 18.4 Å². The molecule has 2 aromatic carbocycles. The van der Waals surface area contributed by atoms with Gasteiger partial charge in [-0.15, -0.1) is 0 Å². The number of hydrazone groups is 1. The van der Waals surface area contributed by atoms with Gasteiger partial charge in [0.15, 0.2) is 5.78 Å². The number of carbonyl (C=O) groups is 1. The summed E-state index contributed by atoms with van der Waals surface area (Å²) in [6, 6.07) is 14.7. The van der Waals surface area contributed by atoms with Crippen molar-refractivity contribution < 1.29 is 9.90 Å². The van der Waals surface area contributed by atoms with Gasteiger partial charge in [-0.1, -0.05) is 42.5 Å². The van der Waals surface area contributed by atoms with E-state index in [1.165, 1.54) is 16.3 Å². The van der Waals surface area contributed by atoms with Gasteiger partial charge in [0.05, 0.1) is 12.1 Å². The lowest BCUT2D eigenvalue weighted by Crippen LogP contribution is -2.50. The van der Waals surface area contributed by atoms with Gasteiger partial charge in [0.25, 0.3) is 0 Å². The van der Waals surface area contributed by atoms with Gasteiger partial charge in [0.1, 0.15) is 11.8 Å². The Kier molecular flexibility index (Phi) is 3.57. The number of nitrogens with zero attached hydrogens (tertiary/aromatic N) is 1. The number of rotatable bonds is 3. The molecule has 0 amide bonds. The normalized spacial score (nSPS) is 30.0. The average Bonchev–Trinajstić information content (AvgIpc) is 3.03. The first-order chi connectivity index (χ1) is 12.7. The van der Waals surface area contributed by atoms with E-state index in [4.69, 9.17) is 0 Å². The Hall–Kier alpha value is -2.66. The summed E-state index contributed by atoms with van der Waals surface area (Å²) in [5.41, 5.74) is 5.17. The van der Waals surface area contributed by atoms with Crippen LogP contribution < -0.4 is 10.7 Å². The maximum atomic E-state index is 12.7. The van der Waals surface area contributed by atoms with Gasteiger partial charge >= 0.3 is 0 Å². The van der Waals surface area contributed by atoms with E-state index in [0.717, 1.165) is 24.4 Å². The van der Waals surface area contributed by atoms with E-state index < -0.39 is 0 Å². The molecule has 1 aliphatic carbocycles. The van der Waals surface area contributed by atoms with Crippen LogP contribution in [0.4, 0.5) is 0 Å². The third-order valence-electron chi connectivity index (χ3n) is 5.77. The zero-order chi connectivity index (χ0) is 17.7. The van der Waals surface area contributed by atoms with E-state index in [0.29, 0.717) is 12.3 Å². The molecule has 0 aromatic heterocycles. The monoisotopic (exact) mass is 347 g/mol. The number of aliphatic hydroxyl groups excluding tert-OH is 1. The summed E-state index contributed by atoms with van der Waals surface area (Å²) < 4.78 is 0. The third kappa shape index (κ3) is 2.59. The molecule has 2 unspecified atom stereocenters. The van der Waals surface area contributed by atoms with Gasteiger partial charge in [-0.05, 0) is 35.1 Å². The number of hydrogen-bond acceptors (Lipinski definition) is 5. The SMILES string of the molecule is O=C1C=C(Cc2ccc3ccccc3c2)NC2=NNC([C@H]3C[C@H](O)C3)C12. The first-order valence-electron chi connectivity index (χ1n) is 9.18. The molecule has 26 heavy (non-hydrogen) atoms. The topological polar surface area (TPSA) is 73.7 Å². The summed E-state index contributed by atoms with van der Waals surface area (Å²) in [5.74, 6) is 0.902. The van der Waals surface area contributed by atoms with Crippen LogP contribution in [0.3, 0.4) is 0 Å². The first-order valence-corrected chi connectivity index (χ1v) is 9.18. The minimum Gasteiger partial charge on any atom is -0.393 e. The highest BCUT2D eigenvalue weighted by atomic mass is 16.3. The molecule has 3 N–H and O–H groups in total. The molecule has 3 aliphatic rings. The van der Waals surface area contributed by atoms with Crippen molar-refractivity contribution in [2.75, 3.05) is 0 Å². The second-order valence-electron chi connectivity index (χ2n) is 7.57. The molecule has 5 rings (SSSR count). The molecule has 0 radical (unpaired) electrons. The summed E-state index contributed by atoms with van der Waals surface area (Å²) in [7, 11) is 0. The Morgan fingerprint density at radius 2 is 1.92 bits per heavy atom. The van der Waals surface area contributed by atoms with Gasteiger partial charge in [0, 0.05) is 18.2 Å². The van der Waals surface area contributed by atoms with Crippen molar-refractivity contribution in [2.24, 2.45) is 16.9 Å². The van der Waals surface area contributed by atoms with E-state index in [9.17, 15) is 9.90 Å². The van der Waals surface area contributed by atoms with Gasteiger partial charge in [0.2, 0.25) is 0 Å². The fourth-order valence-electron chi connectivity index (χ4n) is 4.30. The fraction of sp³-hybridized carbons (Fsp3) is 0.333. The summed E-state index contributed by atoms with van der Waals surface area (Å²) >= 11 is 0. The maximum Gasteiger partial charge on any atom is 0.170 e. The zero-order valence-electron chi connectivity index (χ0n) is 14.4. The molecule has 0 spiro atoms. The lowest BCUT2D eigenvalue weighted by Gasteiger charge is -2.38. The van der Waals surface area contributed by atoms with Crippen molar-refractivity contribution in [3.8, 4) is 0 Å². The van der Waals surface area contributed by atoms with Crippen LogP contribution in [-0.4, -0.2) is 28.9 Å². The van der Waals surface area contributed by atoms with Crippen molar-refractivity contribution in [1.82, 2.24) is 10.7 Å². The Morgan fingerprint density at radius 1 is 1.12 bits per heavy atom. The number of benzene rings is 2. The van der Waals surface area contributed by atoms with Crippen molar-refractivity contribution >= 4 is 22.4 Å². The molecular formula is C21H21N3O2. The minimum atomic E-state index is -0.243. The molecule has 2 atom stereocenters. The number of nitrogens with one attached hydrogen (secondary N) is 2. The summed E-state index contributed by atoms with van der Waals surface area (Å²) in [6.45, 7) is 0. The molecule has 2 aliphatic heterocycles. The van der Waals surface area contributed by atoms with Crippen LogP contribution in [0.2, 0.25) is 0 Å². The number of allylic oxidation sites excluding steroid dienone is 2. The van der Waals surface area contributed by atoms with Crippen molar-refractivity contribution in [3.63, 3.8) is 0 Å². The van der Waals surface area contributed by atoms with Gasteiger partial charge in [-0.25, -0.2) is 0 Å². The fourth-order valence-corrected chi connectivity index (χ4v) is 4.30. The molecular weight excluding hydrogens is 326 g/mol. The van der Waals surface area contributed by atoms with E-state index in [2.05, 4.69) is 46.2 Å². The highest BCUT2D eigenvalue weighted by Gasteiger charge is 2.46. The zero-order valence-corrected chi connectivity index (χ0v) is 14.4. The predicted octanol–water partition coefficient (Wildman–Crippen LogP) is 2.11. The van der Waals surface area contributed by atoms with Gasteiger partial charge in [-0.2, -0.15) is 5.10 Å². The second kappa shape index (κ2) is 5.95. The number of fused-ring (bicyclic) bond motifs is 2. The van der Waals surface area contributed by atoms with Crippen LogP contribution in [-0.2, 0) is 11.2 Å². The molecule has 1 fully saturated rings. The Bertz CT molecular complexity index is 943. The quantitative estimate of drug-likeness (QED) is 0.795. The van der Waals surface area contributed by atoms with Crippen LogP contribution in [0.5, 0.6) is 0 Å². The van der Waals surface area contributed by atoms with Crippen molar-refractivity contribution in [1.29, 1.82) is 0 Å². The highest BCUT2D eigenvalue weighted by molar-refractivity contribution is 6.13. The van der Waals surface area contributed by atoms with E-state index >= 15 is 0 Å². The van der Waals surface area contributed by atoms with Gasteiger partial charge < -0.3 is 15.8 Å². The van der Waals surface area contributed by atoms with E-state index in [1.54, 1.807) is 6.08 Å². The molecule has 2 aromatic rings. The number of amidine groups is 1. The molecule has 1 saturated carbocycles. The Morgan fingerprint density at radius 3 is 2.73 bits per heavy atom. The summed E-state index contributed by atoms with van der Waals surface area (Å²) in [5, 5.41) is 19.7. The largest absolute Gasteiger partial charge is 0.393 e. The van der Waals surface area contributed by atoms with Crippen LogP contribution >= 0.6 is 0 Å². The lowest BCUT2D eigenvalue weighted by molar-refractivity contribution is -0.118. The average molecular weight is 347 g/mol. The lowest BCUT2D eigenvalue weighted by atomic mass is 9.72. The summed E-state index contributed by atoms with van der Waals surface area (Å²) in [4.78, 5) is 12.7. The van der Waals surface area contributed by atoms with Crippen LogP contribution in [0.15, 0.2) is 59.3 Å². The molecule has 0 bridgehead atoms. The molecule has 5 nitrogen and oxygen atoms in total. The van der Waals surface area contributed by atoms with Crippen LogP contribution in [0, 0.1) is 11.8 Å². The highest BCUT2D eigenvalue weighted by Crippen LogP contribution is 2.36.